The van der Waals surface area contributed by atoms with Gasteiger partial charge in [0.25, 0.3) is 5.91 Å². The van der Waals surface area contributed by atoms with Crippen LogP contribution < -0.4 is 16.4 Å². The van der Waals surface area contributed by atoms with Crippen LogP contribution in [-0.2, 0) is 4.74 Å². The summed E-state index contributed by atoms with van der Waals surface area (Å²) in [6.07, 6.45) is 1.38. The van der Waals surface area contributed by atoms with Gasteiger partial charge in [-0.1, -0.05) is 0 Å². The van der Waals surface area contributed by atoms with Crippen molar-refractivity contribution in [3.05, 3.63) is 10.9 Å². The molecule has 0 aliphatic carbocycles. The Kier molecular flexibility index (Phi) is 4.08. The maximum atomic E-state index is 11.5. The Labute approximate surface area is 111 Å². The fourth-order valence-electron chi connectivity index (χ4n) is 2.06. The van der Waals surface area contributed by atoms with Crippen molar-refractivity contribution in [1.82, 2.24) is 5.32 Å². The van der Waals surface area contributed by atoms with Crippen molar-refractivity contribution in [3.63, 3.8) is 0 Å². The predicted octanol–water partition coefficient (Wildman–Crippen LogP) is 1.53. The summed E-state index contributed by atoms with van der Waals surface area (Å²) in [6, 6.07) is 1.82. The van der Waals surface area contributed by atoms with Gasteiger partial charge >= 0.3 is 0 Å². The summed E-state index contributed by atoms with van der Waals surface area (Å²) >= 11 is 1.39. The number of carbonyl (C=O) groups is 1. The van der Waals surface area contributed by atoms with Crippen LogP contribution in [0.15, 0.2) is 6.07 Å². The highest BCUT2D eigenvalue weighted by Gasteiger charge is 2.24. The lowest BCUT2D eigenvalue weighted by Crippen LogP contribution is -2.20. The van der Waals surface area contributed by atoms with Crippen molar-refractivity contribution in [2.45, 2.75) is 19.4 Å². The second-order valence-corrected chi connectivity index (χ2v) is 5.53. The van der Waals surface area contributed by atoms with E-state index in [1.165, 1.54) is 11.3 Å². The van der Waals surface area contributed by atoms with Crippen molar-refractivity contribution in [3.8, 4) is 0 Å². The van der Waals surface area contributed by atoms with Gasteiger partial charge in [0.05, 0.1) is 16.8 Å². The molecule has 0 saturated carbocycles. The number of nitrogen functional groups attached to an aromatic ring is 1. The molecule has 0 aromatic carbocycles. The average Bonchev–Trinajstić information content (AvgIpc) is 2.92. The first-order chi connectivity index (χ1) is 8.61. The number of hydrogen-bond acceptors (Lipinski definition) is 5. The van der Waals surface area contributed by atoms with E-state index in [9.17, 15) is 4.79 Å². The fraction of sp³-hybridized carbons (Fsp3) is 0.583. The zero-order valence-corrected chi connectivity index (χ0v) is 11.5. The molecular formula is C12H19N3O2S. The van der Waals surface area contributed by atoms with Crippen LogP contribution in [0.3, 0.4) is 0 Å². The summed E-state index contributed by atoms with van der Waals surface area (Å²) < 4.78 is 5.51. The molecule has 5 nitrogen and oxygen atoms in total. The number of amides is 1. The Morgan fingerprint density at radius 1 is 1.67 bits per heavy atom. The Bertz CT molecular complexity index is 433. The average molecular weight is 269 g/mol. The van der Waals surface area contributed by atoms with Gasteiger partial charge in [-0.25, -0.2) is 0 Å². The molecule has 1 saturated heterocycles. The van der Waals surface area contributed by atoms with E-state index in [0.717, 1.165) is 24.6 Å². The molecule has 4 N–H and O–H groups in total. The first kappa shape index (κ1) is 13.2. The van der Waals surface area contributed by atoms with Gasteiger partial charge in [0.2, 0.25) is 0 Å². The highest BCUT2D eigenvalue weighted by molar-refractivity contribution is 7.18. The van der Waals surface area contributed by atoms with E-state index in [1.54, 1.807) is 7.05 Å². The normalized spacial score (nSPS) is 23.0. The van der Waals surface area contributed by atoms with E-state index in [4.69, 9.17) is 10.5 Å². The lowest BCUT2D eigenvalue weighted by Gasteiger charge is -2.14. The molecule has 2 atom stereocenters. The quantitative estimate of drug-likeness (QED) is 0.774. The molecule has 1 aliphatic rings. The van der Waals surface area contributed by atoms with Crippen molar-refractivity contribution in [2.24, 2.45) is 5.92 Å². The smallest absolute Gasteiger partial charge is 0.263 e. The number of anilines is 2. The number of ether oxygens (including phenoxy) is 1. The Balaban J connectivity index is 1.95. The number of thiophene rings is 1. The van der Waals surface area contributed by atoms with Gasteiger partial charge in [-0.05, 0) is 19.4 Å². The summed E-state index contributed by atoms with van der Waals surface area (Å²) in [5.74, 6) is 0.389. The van der Waals surface area contributed by atoms with Crippen LogP contribution >= 0.6 is 11.3 Å². The third-order valence-corrected chi connectivity index (χ3v) is 4.37. The lowest BCUT2D eigenvalue weighted by molar-refractivity contribution is 0.0968. The summed E-state index contributed by atoms with van der Waals surface area (Å²) in [5.41, 5.74) is 6.34. The second kappa shape index (κ2) is 5.58. The zero-order valence-electron chi connectivity index (χ0n) is 10.7. The van der Waals surface area contributed by atoms with E-state index in [-0.39, 0.29) is 5.91 Å². The van der Waals surface area contributed by atoms with Gasteiger partial charge in [0.1, 0.15) is 4.88 Å². The third kappa shape index (κ3) is 2.76. The molecule has 6 heteroatoms. The molecule has 2 rings (SSSR count). The Hall–Kier alpha value is -1.27. The monoisotopic (exact) mass is 269 g/mol. The molecule has 100 valence electrons. The zero-order chi connectivity index (χ0) is 13.1. The highest BCUT2D eigenvalue weighted by atomic mass is 32.1. The van der Waals surface area contributed by atoms with Gasteiger partial charge in [-0.2, -0.15) is 0 Å². The van der Waals surface area contributed by atoms with Crippen molar-refractivity contribution in [1.29, 1.82) is 0 Å². The minimum atomic E-state index is -0.136. The molecule has 2 heterocycles. The molecule has 18 heavy (non-hydrogen) atoms. The van der Waals surface area contributed by atoms with Crippen LogP contribution in [0.2, 0.25) is 0 Å². The predicted molar refractivity (Wildman–Crippen MR) is 74.1 cm³/mol. The maximum Gasteiger partial charge on any atom is 0.263 e. The van der Waals surface area contributed by atoms with E-state index >= 15 is 0 Å². The van der Waals surface area contributed by atoms with Crippen LogP contribution in [0.1, 0.15) is 23.0 Å². The van der Waals surface area contributed by atoms with Crippen LogP contribution in [0.25, 0.3) is 0 Å². The van der Waals surface area contributed by atoms with Crippen molar-refractivity contribution in [2.75, 3.05) is 31.2 Å². The van der Waals surface area contributed by atoms with E-state index in [1.807, 2.05) is 6.07 Å². The molecule has 2 unspecified atom stereocenters. The second-order valence-electron chi connectivity index (χ2n) is 4.48. The first-order valence-electron chi connectivity index (χ1n) is 6.08. The van der Waals surface area contributed by atoms with Gasteiger partial charge in [0, 0.05) is 26.1 Å². The van der Waals surface area contributed by atoms with Crippen molar-refractivity contribution >= 4 is 27.9 Å². The Morgan fingerprint density at radius 3 is 3.06 bits per heavy atom. The first-order valence-corrected chi connectivity index (χ1v) is 6.90. The minimum Gasteiger partial charge on any atom is -0.397 e. The molecule has 1 aliphatic heterocycles. The van der Waals surface area contributed by atoms with Gasteiger partial charge in [0.15, 0.2) is 0 Å². The molecule has 0 radical (unpaired) electrons. The molecule has 1 aromatic rings. The van der Waals surface area contributed by atoms with Gasteiger partial charge in [-0.15, -0.1) is 11.3 Å². The maximum absolute atomic E-state index is 11.5. The largest absolute Gasteiger partial charge is 0.397 e. The van der Waals surface area contributed by atoms with Crippen molar-refractivity contribution < 1.29 is 9.53 Å². The topological polar surface area (TPSA) is 76.4 Å². The van der Waals surface area contributed by atoms with Gasteiger partial charge < -0.3 is 21.1 Å². The number of carbonyl (C=O) groups excluding carboxylic acids is 1. The molecule has 0 bridgehead atoms. The molecular weight excluding hydrogens is 250 g/mol. The molecule has 0 spiro atoms. The highest BCUT2D eigenvalue weighted by Crippen LogP contribution is 2.30. The molecule has 1 fully saturated rings. The summed E-state index contributed by atoms with van der Waals surface area (Å²) in [5, 5.41) is 6.85. The molecule has 1 amide bonds. The van der Waals surface area contributed by atoms with E-state index < -0.39 is 0 Å². The molecule has 1 aromatic heterocycles. The summed E-state index contributed by atoms with van der Waals surface area (Å²) in [4.78, 5) is 12.1. The number of rotatable bonds is 4. The van der Waals surface area contributed by atoms with Crippen LogP contribution in [0.4, 0.5) is 10.7 Å². The number of nitrogens with two attached hydrogens (primary N) is 1. The number of nitrogens with one attached hydrogen (secondary N) is 2. The lowest BCUT2D eigenvalue weighted by atomic mass is 10.0. The SMILES string of the molecule is CNC(=O)c1sc(NCC2CCOC2C)cc1N. The van der Waals surface area contributed by atoms with E-state index in [0.29, 0.717) is 22.6 Å². The number of hydrogen-bond donors (Lipinski definition) is 3. The van der Waals surface area contributed by atoms with Crippen LogP contribution in [-0.4, -0.2) is 32.2 Å². The van der Waals surface area contributed by atoms with Crippen LogP contribution in [0, 0.1) is 5.92 Å². The third-order valence-electron chi connectivity index (χ3n) is 3.27. The minimum absolute atomic E-state index is 0.136. The fourth-order valence-corrected chi connectivity index (χ4v) is 2.99. The van der Waals surface area contributed by atoms with Gasteiger partial charge in [-0.3, -0.25) is 4.79 Å². The standard InChI is InChI=1S/C12H19N3O2S/c1-7-8(3-4-17-7)6-15-10-5-9(13)11(18-10)12(16)14-2/h5,7-8,15H,3-4,6,13H2,1-2H3,(H,14,16). The van der Waals surface area contributed by atoms with E-state index in [2.05, 4.69) is 17.6 Å². The summed E-state index contributed by atoms with van der Waals surface area (Å²) in [7, 11) is 1.60. The summed E-state index contributed by atoms with van der Waals surface area (Å²) in [6.45, 7) is 3.79. The van der Waals surface area contributed by atoms with Crippen LogP contribution in [0.5, 0.6) is 0 Å². The Morgan fingerprint density at radius 2 is 2.44 bits per heavy atom.